The topological polar surface area (TPSA) is 159 Å². The van der Waals surface area contributed by atoms with E-state index in [9.17, 15) is 0 Å². The molecule has 19 rings (SSSR count). The van der Waals surface area contributed by atoms with Crippen molar-refractivity contribution in [1.29, 1.82) is 0 Å². The van der Waals surface area contributed by atoms with Crippen LogP contribution in [0.25, 0.3) is 60.2 Å². The molecule has 13 heterocycles. The quantitative estimate of drug-likeness (QED) is 0.0898. The fourth-order valence-corrected chi connectivity index (χ4v) is 19.0. The fraction of sp³-hybridized carbons (Fsp3) is 0.207. The van der Waals surface area contributed by atoms with Crippen molar-refractivity contribution in [2.45, 2.75) is 25.0 Å². The minimum absolute atomic E-state index is 0.231. The normalized spacial score (nSPS) is 15.3. The van der Waals surface area contributed by atoms with Crippen LogP contribution >= 0.6 is 45.3 Å². The van der Waals surface area contributed by atoms with Crippen molar-refractivity contribution in [3.8, 4) is 22.8 Å². The highest BCUT2D eigenvalue weighted by molar-refractivity contribution is 7.19. The Kier molecular flexibility index (Phi) is 19.7. The molecule has 3 aliphatic rings. The Labute approximate surface area is 624 Å². The van der Waals surface area contributed by atoms with Crippen LogP contribution in [-0.2, 0) is 0 Å². The molecule has 0 saturated carbocycles. The molecule has 16 aromatic rings. The highest BCUT2D eigenvalue weighted by atomic mass is 32.1. The Balaban J connectivity index is 0.000000117. The number of hydrogen-bond acceptors (Lipinski definition) is 20. The highest BCUT2D eigenvalue weighted by Crippen LogP contribution is 2.43. The summed E-state index contributed by atoms with van der Waals surface area (Å²) in [4.78, 5) is 48.2. The number of piperazine rings is 3. The number of aryl methyl sites for hydroxylation is 1. The molecule has 10 aromatic heterocycles. The van der Waals surface area contributed by atoms with Crippen molar-refractivity contribution in [3.63, 3.8) is 0 Å². The van der Waals surface area contributed by atoms with Crippen LogP contribution in [0.1, 0.15) is 54.3 Å². The molecule has 3 aliphatic heterocycles. The van der Waals surface area contributed by atoms with E-state index in [0.29, 0.717) is 6.04 Å². The average Bonchev–Trinajstić information content (AvgIpc) is 1.64. The molecule has 19 nitrogen and oxygen atoms in total. The van der Waals surface area contributed by atoms with Crippen LogP contribution in [0.5, 0.6) is 5.75 Å². The number of benzene rings is 6. The van der Waals surface area contributed by atoms with Crippen molar-refractivity contribution in [2.75, 3.05) is 100 Å². The lowest BCUT2D eigenvalue weighted by atomic mass is 9.99. The second-order valence-corrected chi connectivity index (χ2v) is 30.1. The second-order valence-electron chi connectivity index (χ2n) is 26.1. The number of para-hydroxylation sites is 3. The van der Waals surface area contributed by atoms with Crippen LogP contribution in [0, 0.1) is 6.92 Å². The number of hydrogen-bond donors (Lipinski definition) is 0. The number of fused-ring (bicyclic) bond motifs is 4. The van der Waals surface area contributed by atoms with Crippen LogP contribution in [0.4, 0.5) is 17.5 Å². The summed E-state index contributed by atoms with van der Waals surface area (Å²) in [6, 6.07) is 72.6. The number of aromatic nitrogens is 12. The van der Waals surface area contributed by atoms with E-state index < -0.39 is 0 Å². The molecule has 0 spiro atoms. The Morgan fingerprint density at radius 3 is 1.10 bits per heavy atom. The van der Waals surface area contributed by atoms with Crippen molar-refractivity contribution in [1.82, 2.24) is 73.9 Å². The monoisotopic (exact) mass is 1460 g/mol. The zero-order chi connectivity index (χ0) is 70.4. The van der Waals surface area contributed by atoms with E-state index in [0.717, 1.165) is 152 Å². The molecule has 3 saturated heterocycles. The van der Waals surface area contributed by atoms with Gasteiger partial charge in [0.1, 0.15) is 42.2 Å². The highest BCUT2D eigenvalue weighted by Gasteiger charge is 2.34. The molecule has 0 bridgehead atoms. The van der Waals surface area contributed by atoms with Gasteiger partial charge in [-0.25, -0.2) is 43.9 Å². The molecule has 524 valence electrons. The van der Waals surface area contributed by atoms with Crippen molar-refractivity contribution < 1.29 is 4.74 Å². The molecular weight excluding hydrogens is 1380 g/mol. The van der Waals surface area contributed by atoms with E-state index in [1.807, 2.05) is 181 Å². The van der Waals surface area contributed by atoms with Crippen LogP contribution in [0.3, 0.4) is 0 Å². The van der Waals surface area contributed by atoms with Gasteiger partial charge in [-0.15, -0.1) is 45.3 Å². The SMILES string of the molecule is COc1ccc(C(c2cccs2)N2CCN(c3ncnc4c3cnn4-c3ccccc3)CC2)cc1.Cc1c(C(c2ccccc2)N2CCN(c3ncnc4c3cnn4-c3ccccc3)CC2)sc2ccccc12.c1ccc(-n2ncc3c(N4CCN(C(c5cccs5)c5cccs5)CC4)ncnc32)cc1. The molecule has 2 unspecified atom stereocenters. The number of ether oxygens (including phenoxy) is 1. The first-order valence-electron chi connectivity index (χ1n) is 35.4. The van der Waals surface area contributed by atoms with Crippen LogP contribution in [-0.4, -0.2) is 160 Å². The summed E-state index contributed by atoms with van der Waals surface area (Å²) in [6.07, 6.45) is 10.7. The largest absolute Gasteiger partial charge is 0.497 e. The number of anilines is 3. The summed E-state index contributed by atoms with van der Waals surface area (Å²) in [6.45, 7) is 13.5. The van der Waals surface area contributed by atoms with Gasteiger partial charge >= 0.3 is 0 Å². The van der Waals surface area contributed by atoms with Crippen LogP contribution in [0.15, 0.2) is 260 Å². The summed E-state index contributed by atoms with van der Waals surface area (Å²) in [7, 11) is 1.71. The fourth-order valence-electron chi connectivity index (χ4n) is 14.9. The smallest absolute Gasteiger partial charge is 0.168 e. The Bertz CT molecular complexity index is 5430. The zero-order valence-corrected chi connectivity index (χ0v) is 61.4. The summed E-state index contributed by atoms with van der Waals surface area (Å²) < 4.78 is 12.4. The van der Waals surface area contributed by atoms with Crippen LogP contribution in [0.2, 0.25) is 0 Å². The zero-order valence-electron chi connectivity index (χ0n) is 58.1. The lowest BCUT2D eigenvalue weighted by molar-refractivity contribution is 0.214. The van der Waals surface area contributed by atoms with E-state index in [2.05, 4.69) is 196 Å². The molecule has 105 heavy (non-hydrogen) atoms. The third kappa shape index (κ3) is 13.9. The lowest BCUT2D eigenvalue weighted by Gasteiger charge is -2.40. The first-order valence-corrected chi connectivity index (χ1v) is 38.9. The van der Waals surface area contributed by atoms with Gasteiger partial charge in [-0.05, 0) is 118 Å². The van der Waals surface area contributed by atoms with Gasteiger partial charge in [0.05, 0.1) is 77.0 Å². The summed E-state index contributed by atoms with van der Waals surface area (Å²) >= 11 is 7.43. The molecule has 0 radical (unpaired) electrons. The van der Waals surface area contributed by atoms with Gasteiger partial charge in [-0.3, -0.25) is 14.7 Å². The number of methoxy groups -OCH3 is 1. The third-order valence-electron chi connectivity index (χ3n) is 20.1. The Morgan fingerprint density at radius 1 is 0.343 bits per heavy atom. The van der Waals surface area contributed by atoms with Gasteiger partial charge in [0.2, 0.25) is 0 Å². The number of nitrogens with zero attached hydrogens (tertiary/aromatic N) is 18. The minimum Gasteiger partial charge on any atom is -0.497 e. The Morgan fingerprint density at radius 2 is 0.705 bits per heavy atom. The molecule has 0 N–H and O–H groups in total. The summed E-state index contributed by atoms with van der Waals surface area (Å²) in [5.41, 5.74) is 9.55. The molecule has 2 atom stereocenters. The molecule has 23 heteroatoms. The molecule has 0 amide bonds. The first-order chi connectivity index (χ1) is 52.0. The van der Waals surface area contributed by atoms with Gasteiger partial charge in [0.15, 0.2) is 16.9 Å². The van der Waals surface area contributed by atoms with Gasteiger partial charge in [-0.2, -0.15) is 15.3 Å². The van der Waals surface area contributed by atoms with E-state index in [1.165, 1.54) is 46.3 Å². The predicted molar refractivity (Wildman–Crippen MR) is 426 cm³/mol. The van der Waals surface area contributed by atoms with Crippen molar-refractivity contribution >= 4 is 106 Å². The molecule has 0 aliphatic carbocycles. The van der Waals surface area contributed by atoms with Crippen molar-refractivity contribution in [2.24, 2.45) is 0 Å². The second kappa shape index (κ2) is 30.8. The Hall–Kier alpha value is -10.9. The van der Waals surface area contributed by atoms with E-state index >= 15 is 0 Å². The van der Waals surface area contributed by atoms with Crippen molar-refractivity contribution in [3.05, 3.63) is 296 Å². The molecule has 3 fully saturated rings. The maximum atomic E-state index is 5.38. The van der Waals surface area contributed by atoms with E-state index in [4.69, 9.17) is 9.72 Å². The minimum atomic E-state index is 0.231. The molecule has 6 aromatic carbocycles. The van der Waals surface area contributed by atoms with Crippen LogP contribution < -0.4 is 19.4 Å². The maximum Gasteiger partial charge on any atom is 0.168 e. The summed E-state index contributed by atoms with van der Waals surface area (Å²) in [5, 5.41) is 24.7. The average molecular weight is 1460 g/mol. The standard InChI is InChI=1S/C31H28N6S.C27H26N6OS.C24H22N6S2/c1-22-25-14-8-9-15-27(25)38-29(22)28(23-10-4-2-5-11-23)35-16-18-36(19-17-35)30-26-20-34-37(31(26)33-21-32-30)24-12-6-3-7-13-24;1-34-22-11-9-20(10-12-22)25(24-8-5-17-35-24)31-13-15-32(16-14-31)26-23-18-30-33(27(23)29-19-28-26)21-6-3-2-4-7-21;1-2-6-18(7-3-1)30-24-19(16-27-30)23(25-17-26-24)29-12-10-28(11-13-29)22(20-8-4-14-31-20)21-9-5-15-32-21/h2-15,20-21,28H,16-19H2,1H3;2-12,17-19,25H,13-16H2,1H3;1-9,14-17,22H,10-13H2. The van der Waals surface area contributed by atoms with Gasteiger partial charge in [-0.1, -0.05) is 133 Å². The van der Waals surface area contributed by atoms with Gasteiger partial charge < -0.3 is 19.4 Å². The number of thiophene rings is 4. The first kappa shape index (κ1) is 67.3. The molecular formula is C82H76N18OS4. The van der Waals surface area contributed by atoms with E-state index in [-0.39, 0.29) is 12.1 Å². The third-order valence-corrected chi connectivity index (χ3v) is 24.2. The lowest BCUT2D eigenvalue weighted by Crippen LogP contribution is -2.48. The maximum absolute atomic E-state index is 5.38. The van der Waals surface area contributed by atoms with E-state index in [1.54, 1.807) is 26.1 Å². The summed E-state index contributed by atoms with van der Waals surface area (Å²) in [5.74, 6) is 3.77. The van der Waals surface area contributed by atoms with Gasteiger partial charge in [0.25, 0.3) is 0 Å². The van der Waals surface area contributed by atoms with Gasteiger partial charge in [0, 0.05) is 103 Å². The number of rotatable bonds is 16. The predicted octanol–water partition coefficient (Wildman–Crippen LogP) is 15.9.